The Hall–Kier alpha value is -1.15. The molecule has 1 saturated carbocycles. The fraction of sp³-hybridized carbons (Fsp3) is 0.800. The highest BCUT2D eigenvalue weighted by Crippen LogP contribution is 2.36. The Labute approximate surface area is 110 Å². The number of hydrogen-bond acceptors (Lipinski definition) is 7. The molecule has 100 valence electrons. The second kappa shape index (κ2) is 5.23. The number of thioether (sulfide) groups is 1. The predicted octanol–water partition coefficient (Wildman–Crippen LogP) is 0.251. The number of methoxy groups -OCH3 is 1. The summed E-state index contributed by atoms with van der Waals surface area (Å²) < 4.78 is 6.62. The molecule has 1 fully saturated rings. The van der Waals surface area contributed by atoms with Gasteiger partial charge in [0.25, 0.3) is 0 Å². The topological polar surface area (TPSA) is 81.9 Å². The fourth-order valence-corrected chi connectivity index (χ4v) is 2.59. The Bertz CT molecular complexity index is 434. The molecular weight excluding hydrogens is 254 g/mol. The van der Waals surface area contributed by atoms with Gasteiger partial charge in [0.2, 0.25) is 5.16 Å². The van der Waals surface area contributed by atoms with Crippen LogP contribution in [0.5, 0.6) is 0 Å². The van der Waals surface area contributed by atoms with Crippen molar-refractivity contribution < 1.29 is 9.53 Å². The van der Waals surface area contributed by atoms with Crippen molar-refractivity contribution in [2.24, 2.45) is 0 Å². The third kappa shape index (κ3) is 2.64. The normalized spacial score (nSPS) is 18.4. The molecule has 2 rings (SSSR count). The summed E-state index contributed by atoms with van der Waals surface area (Å²) in [5.74, 6) is 0.228. The van der Waals surface area contributed by atoms with E-state index in [-0.39, 0.29) is 5.97 Å². The molecule has 8 heteroatoms. The van der Waals surface area contributed by atoms with Crippen LogP contribution in [0.3, 0.4) is 0 Å². The number of likely N-dealkylation sites (N-methyl/N-ethyl adjacent to an activating group) is 1. The molecule has 0 aliphatic heterocycles. The Balaban J connectivity index is 2.01. The van der Waals surface area contributed by atoms with Crippen molar-refractivity contribution >= 4 is 17.7 Å². The van der Waals surface area contributed by atoms with Crippen LogP contribution in [0.15, 0.2) is 5.16 Å². The fourth-order valence-electron chi connectivity index (χ4n) is 1.50. The van der Waals surface area contributed by atoms with E-state index in [4.69, 9.17) is 4.74 Å². The molecule has 1 unspecified atom stereocenters. The number of nitrogens with one attached hydrogen (secondary N) is 1. The zero-order valence-corrected chi connectivity index (χ0v) is 11.5. The van der Waals surface area contributed by atoms with Gasteiger partial charge in [-0.25, -0.2) is 4.68 Å². The predicted molar refractivity (Wildman–Crippen MR) is 66.3 cm³/mol. The molecule has 1 aliphatic carbocycles. The van der Waals surface area contributed by atoms with Gasteiger partial charge in [0.05, 0.1) is 13.2 Å². The lowest BCUT2D eigenvalue weighted by Crippen LogP contribution is -2.50. The van der Waals surface area contributed by atoms with Gasteiger partial charge in [-0.2, -0.15) is 0 Å². The monoisotopic (exact) mass is 271 g/mol. The van der Waals surface area contributed by atoms with E-state index in [1.54, 1.807) is 14.0 Å². The minimum absolute atomic E-state index is 0.289. The number of esters is 1. The lowest BCUT2D eigenvalue weighted by atomic mass is 10.1. The van der Waals surface area contributed by atoms with E-state index in [9.17, 15) is 4.79 Å². The van der Waals surface area contributed by atoms with E-state index in [0.717, 1.165) is 18.0 Å². The molecule has 1 aromatic rings. The summed E-state index contributed by atoms with van der Waals surface area (Å²) in [6.45, 7) is 1.80. The van der Waals surface area contributed by atoms with Crippen LogP contribution in [0.1, 0.15) is 25.8 Å². The minimum Gasteiger partial charge on any atom is -0.468 e. The molecule has 0 aromatic carbocycles. The van der Waals surface area contributed by atoms with Crippen LogP contribution >= 0.6 is 11.8 Å². The van der Waals surface area contributed by atoms with Crippen LogP contribution in [0.4, 0.5) is 0 Å². The molecule has 0 bridgehead atoms. The SMILES string of the molecule is CNC(C)(CSc1nnnn1C1CC1)C(=O)OC. The standard InChI is InChI=1S/C10H17N5O2S/c1-10(11-2,8(16)17-3)6-18-9-12-13-14-15(9)7-4-5-7/h7,11H,4-6H2,1-3H3. The van der Waals surface area contributed by atoms with E-state index in [0.29, 0.717) is 11.8 Å². The van der Waals surface area contributed by atoms with Crippen LogP contribution in [0, 0.1) is 0 Å². The van der Waals surface area contributed by atoms with Gasteiger partial charge in [0.1, 0.15) is 5.54 Å². The lowest BCUT2D eigenvalue weighted by molar-refractivity contribution is -0.146. The van der Waals surface area contributed by atoms with Gasteiger partial charge >= 0.3 is 5.97 Å². The molecular formula is C10H17N5O2S. The molecule has 1 aliphatic rings. The lowest BCUT2D eigenvalue weighted by Gasteiger charge is -2.25. The first-order valence-electron chi connectivity index (χ1n) is 5.78. The van der Waals surface area contributed by atoms with Crippen LogP contribution < -0.4 is 5.32 Å². The van der Waals surface area contributed by atoms with E-state index in [1.165, 1.54) is 18.9 Å². The van der Waals surface area contributed by atoms with Gasteiger partial charge in [-0.15, -0.1) is 5.10 Å². The van der Waals surface area contributed by atoms with E-state index >= 15 is 0 Å². The van der Waals surface area contributed by atoms with Crippen LogP contribution in [-0.2, 0) is 9.53 Å². The zero-order chi connectivity index (χ0) is 13.2. The molecule has 0 saturated heterocycles. The smallest absolute Gasteiger partial charge is 0.326 e. The van der Waals surface area contributed by atoms with Gasteiger partial charge in [-0.05, 0) is 37.2 Å². The van der Waals surface area contributed by atoms with Crippen molar-refractivity contribution in [2.75, 3.05) is 19.9 Å². The number of carbonyl (C=O) groups is 1. The second-order valence-electron chi connectivity index (χ2n) is 4.50. The highest BCUT2D eigenvalue weighted by atomic mass is 32.2. The van der Waals surface area contributed by atoms with Crippen molar-refractivity contribution in [3.8, 4) is 0 Å². The van der Waals surface area contributed by atoms with E-state index in [2.05, 4.69) is 20.8 Å². The Morgan fingerprint density at radius 1 is 1.67 bits per heavy atom. The third-order valence-electron chi connectivity index (χ3n) is 3.03. The molecule has 0 amide bonds. The maximum absolute atomic E-state index is 11.7. The molecule has 7 nitrogen and oxygen atoms in total. The van der Waals surface area contributed by atoms with Gasteiger partial charge in [0.15, 0.2) is 0 Å². The second-order valence-corrected chi connectivity index (χ2v) is 5.44. The first-order chi connectivity index (χ1) is 8.60. The molecule has 1 N–H and O–H groups in total. The van der Waals surface area contributed by atoms with Crippen LogP contribution in [-0.4, -0.2) is 51.6 Å². The Morgan fingerprint density at radius 2 is 2.39 bits per heavy atom. The highest BCUT2D eigenvalue weighted by Gasteiger charge is 2.34. The summed E-state index contributed by atoms with van der Waals surface area (Å²) in [5.41, 5.74) is -0.736. The summed E-state index contributed by atoms with van der Waals surface area (Å²) in [4.78, 5) is 11.7. The molecule has 18 heavy (non-hydrogen) atoms. The summed E-state index contributed by atoms with van der Waals surface area (Å²) in [5, 5.41) is 15.4. The van der Waals surface area contributed by atoms with Crippen molar-refractivity contribution in [3.05, 3.63) is 0 Å². The Morgan fingerprint density at radius 3 is 2.94 bits per heavy atom. The molecule has 1 aromatic heterocycles. The van der Waals surface area contributed by atoms with E-state index in [1.807, 2.05) is 4.68 Å². The van der Waals surface area contributed by atoms with Gasteiger partial charge in [-0.3, -0.25) is 4.79 Å². The first-order valence-corrected chi connectivity index (χ1v) is 6.77. The van der Waals surface area contributed by atoms with Gasteiger partial charge < -0.3 is 10.1 Å². The number of aromatic nitrogens is 4. The number of rotatable bonds is 6. The zero-order valence-electron chi connectivity index (χ0n) is 10.7. The molecule has 1 heterocycles. The quantitative estimate of drug-likeness (QED) is 0.586. The van der Waals surface area contributed by atoms with Crippen LogP contribution in [0.2, 0.25) is 0 Å². The third-order valence-corrected chi connectivity index (χ3v) is 4.28. The van der Waals surface area contributed by atoms with Crippen molar-refractivity contribution in [1.82, 2.24) is 25.5 Å². The highest BCUT2D eigenvalue weighted by molar-refractivity contribution is 7.99. The molecule has 0 radical (unpaired) electrons. The first kappa shape index (κ1) is 13.3. The molecule has 1 atom stereocenters. The summed E-state index contributed by atoms with van der Waals surface area (Å²) in [6, 6.07) is 0.432. The van der Waals surface area contributed by atoms with Crippen molar-refractivity contribution in [3.63, 3.8) is 0 Å². The average Bonchev–Trinajstić information content (AvgIpc) is 3.14. The number of ether oxygens (including phenoxy) is 1. The number of hydrogen-bond donors (Lipinski definition) is 1. The maximum Gasteiger partial charge on any atom is 0.326 e. The number of tetrazole rings is 1. The van der Waals surface area contributed by atoms with Crippen LogP contribution in [0.25, 0.3) is 0 Å². The van der Waals surface area contributed by atoms with Crippen molar-refractivity contribution in [1.29, 1.82) is 0 Å². The number of nitrogens with zero attached hydrogens (tertiary/aromatic N) is 4. The summed E-state index contributed by atoms with van der Waals surface area (Å²) in [6.07, 6.45) is 2.25. The van der Waals surface area contributed by atoms with Gasteiger partial charge in [0, 0.05) is 5.75 Å². The average molecular weight is 271 g/mol. The minimum atomic E-state index is -0.736. The largest absolute Gasteiger partial charge is 0.468 e. The number of carbonyl (C=O) groups excluding carboxylic acids is 1. The van der Waals surface area contributed by atoms with E-state index < -0.39 is 5.54 Å². The summed E-state index contributed by atoms with van der Waals surface area (Å²) >= 11 is 1.46. The summed E-state index contributed by atoms with van der Waals surface area (Å²) in [7, 11) is 3.12. The maximum atomic E-state index is 11.7. The van der Waals surface area contributed by atoms with Crippen molar-refractivity contribution in [2.45, 2.75) is 36.5 Å². The Kier molecular flexibility index (Phi) is 3.86. The molecule has 0 spiro atoms. The van der Waals surface area contributed by atoms with Gasteiger partial charge in [-0.1, -0.05) is 11.8 Å².